The molecule has 0 atom stereocenters. The minimum atomic E-state index is 0.0109. The number of nitrogens with one attached hydrogen (secondary N) is 1. The van der Waals surface area contributed by atoms with Gasteiger partial charge in [0.15, 0.2) is 11.5 Å². The van der Waals surface area contributed by atoms with E-state index in [0.29, 0.717) is 11.5 Å². The molecule has 0 saturated heterocycles. The van der Waals surface area contributed by atoms with Crippen LogP contribution in [0.2, 0.25) is 0 Å². The molecule has 0 amide bonds. The van der Waals surface area contributed by atoms with Gasteiger partial charge in [-0.25, -0.2) is 4.98 Å². The molecule has 4 heterocycles. The number of aromatic amines is 1. The molecule has 8 rings (SSSR count). The number of carbonyl (C=O) groups excluding carboxylic acids is 1. The van der Waals surface area contributed by atoms with E-state index in [1.165, 1.54) is 0 Å². The van der Waals surface area contributed by atoms with Gasteiger partial charge >= 0.3 is 0 Å². The predicted octanol–water partition coefficient (Wildman–Crippen LogP) is 6.54. The van der Waals surface area contributed by atoms with Crippen molar-refractivity contribution in [2.45, 2.75) is 0 Å². The first-order valence-corrected chi connectivity index (χ1v) is 11.2. The van der Waals surface area contributed by atoms with Gasteiger partial charge in [-0.2, -0.15) is 0 Å². The third-order valence-electron chi connectivity index (χ3n) is 6.49. The fourth-order valence-corrected chi connectivity index (χ4v) is 4.99. The van der Waals surface area contributed by atoms with Gasteiger partial charge in [0, 0.05) is 10.9 Å². The molecule has 0 saturated carbocycles. The zero-order chi connectivity index (χ0) is 23.5. The predicted molar refractivity (Wildman–Crippen MR) is 137 cm³/mol. The lowest BCUT2D eigenvalue weighted by Gasteiger charge is -2.01. The van der Waals surface area contributed by atoms with Crippen LogP contribution in [-0.2, 0) is 0 Å². The Balaban J connectivity index is 0.000000120. The fourth-order valence-electron chi connectivity index (χ4n) is 4.99. The van der Waals surface area contributed by atoms with Crippen molar-refractivity contribution < 1.29 is 4.79 Å². The van der Waals surface area contributed by atoms with Gasteiger partial charge in [-0.05, 0) is 47.6 Å². The minimum absolute atomic E-state index is 0.0109. The molecular formula is C28H17N5O2. The average molecular weight is 455 g/mol. The Labute approximate surface area is 198 Å². The van der Waals surface area contributed by atoms with Crippen molar-refractivity contribution in [3.05, 3.63) is 113 Å². The van der Waals surface area contributed by atoms with Crippen LogP contribution in [-0.4, -0.2) is 24.7 Å². The molecule has 1 N–H and O–H groups in total. The van der Waals surface area contributed by atoms with Crippen LogP contribution in [0.15, 0.2) is 102 Å². The molecule has 0 bridgehead atoms. The minimum Gasteiger partial charge on any atom is -0.338 e. The second-order valence-electron chi connectivity index (χ2n) is 8.39. The lowest BCUT2D eigenvalue weighted by Crippen LogP contribution is -1.97. The van der Waals surface area contributed by atoms with Crippen LogP contribution in [0, 0.1) is 4.91 Å². The van der Waals surface area contributed by atoms with Crippen molar-refractivity contribution >= 4 is 50.1 Å². The Hall–Kier alpha value is -5.04. The number of nitroso groups, excluding NO2 is 1. The Morgan fingerprint density at radius 1 is 0.743 bits per heavy atom. The van der Waals surface area contributed by atoms with E-state index in [1.807, 2.05) is 106 Å². The summed E-state index contributed by atoms with van der Waals surface area (Å²) in [5.41, 5.74) is 7.81. The summed E-state index contributed by atoms with van der Waals surface area (Å²) < 4.78 is 3.98. The molecule has 166 valence electrons. The number of para-hydroxylation sites is 6. The molecule has 0 fully saturated rings. The number of hydrogen-bond acceptors (Lipinski definition) is 4. The Bertz CT molecular complexity index is 1960. The van der Waals surface area contributed by atoms with Crippen LogP contribution in [0.4, 0.5) is 5.69 Å². The lowest BCUT2D eigenvalue weighted by molar-refractivity contribution is 0.103. The van der Waals surface area contributed by atoms with E-state index in [4.69, 9.17) is 0 Å². The van der Waals surface area contributed by atoms with Crippen molar-refractivity contribution in [3.63, 3.8) is 0 Å². The first-order chi connectivity index (χ1) is 17.3. The van der Waals surface area contributed by atoms with Gasteiger partial charge in [0.2, 0.25) is 5.78 Å². The maximum absolute atomic E-state index is 12.2. The summed E-state index contributed by atoms with van der Waals surface area (Å²) in [4.78, 5) is 30.9. The second-order valence-corrected chi connectivity index (χ2v) is 8.39. The highest BCUT2D eigenvalue weighted by Crippen LogP contribution is 2.36. The molecule has 0 spiro atoms. The van der Waals surface area contributed by atoms with Gasteiger partial charge in [0.1, 0.15) is 5.65 Å². The van der Waals surface area contributed by atoms with Gasteiger partial charge in [-0.1, -0.05) is 54.6 Å². The molecule has 0 unspecified atom stereocenters. The first-order valence-electron chi connectivity index (χ1n) is 11.2. The van der Waals surface area contributed by atoms with E-state index in [-0.39, 0.29) is 5.78 Å². The molecule has 7 nitrogen and oxygen atoms in total. The summed E-state index contributed by atoms with van der Waals surface area (Å²) in [6.45, 7) is 0. The summed E-state index contributed by atoms with van der Waals surface area (Å²) in [6, 6.07) is 31.2. The van der Waals surface area contributed by atoms with Crippen LogP contribution in [0.5, 0.6) is 0 Å². The van der Waals surface area contributed by atoms with Gasteiger partial charge in [0.25, 0.3) is 0 Å². The second kappa shape index (κ2) is 7.23. The lowest BCUT2D eigenvalue weighted by atomic mass is 10.1. The number of H-pyrrole nitrogens is 1. The molecule has 35 heavy (non-hydrogen) atoms. The molecule has 1 aliphatic rings. The smallest absolute Gasteiger partial charge is 0.230 e. The summed E-state index contributed by atoms with van der Waals surface area (Å²) in [6.07, 6.45) is 0. The number of nitrogens with zero attached hydrogens (tertiary/aromatic N) is 4. The molecule has 0 aliphatic carbocycles. The molecule has 1 aliphatic heterocycles. The summed E-state index contributed by atoms with van der Waals surface area (Å²) in [5, 5.41) is 4.06. The number of aromatic nitrogens is 4. The summed E-state index contributed by atoms with van der Waals surface area (Å²) in [7, 11) is 0. The van der Waals surface area contributed by atoms with Gasteiger partial charge in [-0.3, -0.25) is 13.8 Å². The Morgan fingerprint density at radius 3 is 2.29 bits per heavy atom. The number of ketones is 1. The van der Waals surface area contributed by atoms with E-state index in [9.17, 15) is 9.70 Å². The van der Waals surface area contributed by atoms with Gasteiger partial charge < -0.3 is 4.98 Å². The number of fused-ring (bicyclic) bond motifs is 10. The SMILES string of the molecule is O=C1c2ccccc2-n2c1nc1ccccc12.O=Nc1c2ccccc2n2c1[nH]c1ccccc12. The third-order valence-corrected chi connectivity index (χ3v) is 6.49. The molecule has 3 aromatic heterocycles. The molecule has 7 aromatic rings. The van der Waals surface area contributed by atoms with Crippen molar-refractivity contribution in [1.82, 2.24) is 18.9 Å². The average Bonchev–Trinajstić information content (AvgIpc) is 3.62. The van der Waals surface area contributed by atoms with Crippen molar-refractivity contribution in [3.8, 4) is 5.69 Å². The zero-order valence-electron chi connectivity index (χ0n) is 18.3. The van der Waals surface area contributed by atoms with Crippen LogP contribution in [0.1, 0.15) is 16.2 Å². The van der Waals surface area contributed by atoms with Gasteiger partial charge in [-0.15, -0.1) is 4.91 Å². The van der Waals surface area contributed by atoms with E-state index >= 15 is 0 Å². The van der Waals surface area contributed by atoms with E-state index < -0.39 is 0 Å². The number of benzene rings is 4. The van der Waals surface area contributed by atoms with E-state index in [2.05, 4.69) is 15.1 Å². The standard InChI is InChI=1S/C14H9N3O.C14H8N2O/c18-16-13-9-5-1-3-7-11(9)17-12-8-4-2-6-10(12)15-14(13)17;17-13-9-5-1-3-7-11(9)16-12-8-4-2-6-10(12)15-14(13)16/h1-8,15H;1-8H. The highest BCUT2D eigenvalue weighted by atomic mass is 16.3. The Kier molecular flexibility index (Phi) is 4.01. The number of imidazole rings is 2. The quantitative estimate of drug-likeness (QED) is 0.285. The fraction of sp³-hybridized carbons (Fsp3) is 0. The maximum Gasteiger partial charge on any atom is 0.230 e. The van der Waals surface area contributed by atoms with Crippen molar-refractivity contribution in [2.24, 2.45) is 5.18 Å². The monoisotopic (exact) mass is 455 g/mol. The third kappa shape index (κ3) is 2.66. The first kappa shape index (κ1) is 19.4. The topological polar surface area (TPSA) is 84.5 Å². The van der Waals surface area contributed by atoms with E-state index in [0.717, 1.165) is 49.9 Å². The van der Waals surface area contributed by atoms with Crippen LogP contribution >= 0.6 is 0 Å². The van der Waals surface area contributed by atoms with Crippen LogP contribution < -0.4 is 0 Å². The molecule has 4 aromatic carbocycles. The summed E-state index contributed by atoms with van der Waals surface area (Å²) in [5.74, 6) is 0.532. The summed E-state index contributed by atoms with van der Waals surface area (Å²) >= 11 is 0. The highest BCUT2D eigenvalue weighted by Gasteiger charge is 2.29. The van der Waals surface area contributed by atoms with Crippen LogP contribution in [0.25, 0.3) is 44.3 Å². The number of hydrogen-bond donors (Lipinski definition) is 1. The molecule has 0 radical (unpaired) electrons. The Morgan fingerprint density at radius 2 is 1.43 bits per heavy atom. The number of rotatable bonds is 1. The molecular weight excluding hydrogens is 438 g/mol. The van der Waals surface area contributed by atoms with Crippen LogP contribution in [0.3, 0.4) is 0 Å². The van der Waals surface area contributed by atoms with Gasteiger partial charge in [0.05, 0.1) is 33.3 Å². The normalized spacial score (nSPS) is 12.2. The highest BCUT2D eigenvalue weighted by molar-refractivity contribution is 6.15. The zero-order valence-corrected chi connectivity index (χ0v) is 18.3. The maximum atomic E-state index is 12.2. The number of carbonyl (C=O) groups is 1. The molecule has 7 heteroatoms. The van der Waals surface area contributed by atoms with E-state index in [1.54, 1.807) is 0 Å². The van der Waals surface area contributed by atoms with Crippen molar-refractivity contribution in [2.75, 3.05) is 0 Å². The van der Waals surface area contributed by atoms with Crippen molar-refractivity contribution in [1.29, 1.82) is 0 Å². The largest absolute Gasteiger partial charge is 0.338 e.